The molecule has 0 bridgehead atoms. The zero-order valence-electron chi connectivity index (χ0n) is 8.41. The van der Waals surface area contributed by atoms with Gasteiger partial charge in [-0.05, 0) is 25.0 Å². The first-order valence-corrected chi connectivity index (χ1v) is 4.68. The topological polar surface area (TPSA) is 46.5 Å². The fourth-order valence-corrected chi connectivity index (χ4v) is 1.39. The second kappa shape index (κ2) is 4.65. The van der Waals surface area contributed by atoms with Crippen molar-refractivity contribution >= 4 is 5.97 Å². The van der Waals surface area contributed by atoms with Crippen LogP contribution in [0.4, 0.5) is 0 Å². The molecule has 0 heterocycles. The van der Waals surface area contributed by atoms with Gasteiger partial charge in [0.15, 0.2) is 0 Å². The van der Waals surface area contributed by atoms with Crippen molar-refractivity contribution in [2.45, 2.75) is 20.3 Å². The van der Waals surface area contributed by atoms with Crippen LogP contribution < -0.4 is 4.74 Å². The SMILES string of the molecule is CCOc1cccc(CC)c1C(=O)O. The molecule has 0 saturated carbocycles. The number of benzene rings is 1. The fraction of sp³-hybridized carbons (Fsp3) is 0.364. The molecule has 3 nitrogen and oxygen atoms in total. The summed E-state index contributed by atoms with van der Waals surface area (Å²) in [5, 5.41) is 9.02. The van der Waals surface area contributed by atoms with Crippen LogP contribution in [0.25, 0.3) is 0 Å². The molecule has 0 unspecified atom stereocenters. The third kappa shape index (κ3) is 2.05. The number of hydrogen-bond acceptors (Lipinski definition) is 2. The maximum absolute atomic E-state index is 11.0. The maximum Gasteiger partial charge on any atom is 0.339 e. The number of carbonyl (C=O) groups is 1. The molecular weight excluding hydrogens is 180 g/mol. The summed E-state index contributed by atoms with van der Waals surface area (Å²) in [5.41, 5.74) is 1.10. The van der Waals surface area contributed by atoms with E-state index in [9.17, 15) is 4.79 Å². The number of rotatable bonds is 4. The Morgan fingerprint density at radius 1 is 1.43 bits per heavy atom. The summed E-state index contributed by atoms with van der Waals surface area (Å²) in [6.45, 7) is 4.25. The van der Waals surface area contributed by atoms with Gasteiger partial charge in [-0.2, -0.15) is 0 Å². The first kappa shape index (κ1) is 10.6. The lowest BCUT2D eigenvalue weighted by Crippen LogP contribution is -2.06. The molecule has 0 atom stereocenters. The lowest BCUT2D eigenvalue weighted by Gasteiger charge is -2.10. The van der Waals surface area contributed by atoms with E-state index in [2.05, 4.69) is 0 Å². The minimum absolute atomic E-state index is 0.289. The molecule has 1 aromatic carbocycles. The summed E-state index contributed by atoms with van der Waals surface area (Å²) in [6, 6.07) is 5.31. The Hall–Kier alpha value is -1.51. The van der Waals surface area contributed by atoms with Gasteiger partial charge in [0.25, 0.3) is 0 Å². The Kier molecular flexibility index (Phi) is 3.51. The van der Waals surface area contributed by atoms with Crippen molar-refractivity contribution in [3.8, 4) is 5.75 Å². The molecule has 0 aromatic heterocycles. The van der Waals surface area contributed by atoms with E-state index in [1.807, 2.05) is 26.0 Å². The Balaban J connectivity index is 3.20. The molecule has 0 aliphatic carbocycles. The number of ether oxygens (including phenoxy) is 1. The number of hydrogen-bond donors (Lipinski definition) is 1. The van der Waals surface area contributed by atoms with Gasteiger partial charge in [0.05, 0.1) is 6.61 Å². The molecule has 0 aliphatic heterocycles. The van der Waals surface area contributed by atoms with Gasteiger partial charge in [0.2, 0.25) is 0 Å². The predicted octanol–water partition coefficient (Wildman–Crippen LogP) is 2.35. The van der Waals surface area contributed by atoms with Crippen molar-refractivity contribution in [1.29, 1.82) is 0 Å². The summed E-state index contributed by atoms with van der Waals surface area (Å²) in [4.78, 5) is 11.0. The van der Waals surface area contributed by atoms with Crippen LogP contribution in [0.5, 0.6) is 5.75 Å². The summed E-state index contributed by atoms with van der Waals surface area (Å²) in [5.74, 6) is -0.467. The Labute approximate surface area is 83.3 Å². The Morgan fingerprint density at radius 3 is 2.64 bits per heavy atom. The van der Waals surface area contributed by atoms with Gasteiger partial charge < -0.3 is 9.84 Å². The standard InChI is InChI=1S/C11H14O3/c1-3-8-6-5-7-9(14-4-2)10(8)11(12)13/h5-7H,3-4H2,1-2H3,(H,12,13). The van der Waals surface area contributed by atoms with Crippen LogP contribution >= 0.6 is 0 Å². The number of carboxylic acids is 1. The highest BCUT2D eigenvalue weighted by Crippen LogP contribution is 2.22. The van der Waals surface area contributed by atoms with E-state index < -0.39 is 5.97 Å². The van der Waals surface area contributed by atoms with Gasteiger partial charge in [-0.3, -0.25) is 0 Å². The van der Waals surface area contributed by atoms with E-state index in [0.717, 1.165) is 5.56 Å². The van der Waals surface area contributed by atoms with E-state index in [1.165, 1.54) is 0 Å². The van der Waals surface area contributed by atoms with Crippen LogP contribution in [0, 0.1) is 0 Å². The van der Waals surface area contributed by atoms with Crippen molar-refractivity contribution in [1.82, 2.24) is 0 Å². The van der Waals surface area contributed by atoms with Crippen molar-refractivity contribution in [2.24, 2.45) is 0 Å². The average Bonchev–Trinajstić information content (AvgIpc) is 2.17. The number of carboxylic acid groups (broad SMARTS) is 1. The number of aryl methyl sites for hydroxylation is 1. The molecule has 3 heteroatoms. The zero-order valence-corrected chi connectivity index (χ0v) is 8.41. The van der Waals surface area contributed by atoms with Crippen LogP contribution in [-0.4, -0.2) is 17.7 Å². The highest BCUT2D eigenvalue weighted by Gasteiger charge is 2.14. The molecule has 0 fully saturated rings. The molecule has 1 N–H and O–H groups in total. The molecule has 0 spiro atoms. The second-order valence-electron chi connectivity index (χ2n) is 2.88. The van der Waals surface area contributed by atoms with Gasteiger partial charge in [0.1, 0.15) is 11.3 Å². The summed E-state index contributed by atoms with van der Waals surface area (Å²) >= 11 is 0. The van der Waals surface area contributed by atoms with Gasteiger partial charge in [-0.1, -0.05) is 19.1 Å². The predicted molar refractivity (Wildman–Crippen MR) is 53.9 cm³/mol. The zero-order chi connectivity index (χ0) is 10.6. The van der Waals surface area contributed by atoms with E-state index in [-0.39, 0.29) is 5.56 Å². The smallest absolute Gasteiger partial charge is 0.339 e. The van der Waals surface area contributed by atoms with Gasteiger partial charge in [-0.25, -0.2) is 4.79 Å². The molecule has 1 aromatic rings. The minimum atomic E-state index is -0.925. The summed E-state index contributed by atoms with van der Waals surface area (Å²) in [6.07, 6.45) is 0.697. The third-order valence-electron chi connectivity index (χ3n) is 2.01. The number of aromatic carboxylic acids is 1. The molecule has 0 aliphatic rings. The molecule has 76 valence electrons. The van der Waals surface area contributed by atoms with Crippen molar-refractivity contribution in [3.63, 3.8) is 0 Å². The first-order valence-electron chi connectivity index (χ1n) is 4.68. The average molecular weight is 194 g/mol. The fourth-order valence-electron chi connectivity index (χ4n) is 1.39. The summed E-state index contributed by atoms with van der Waals surface area (Å²) in [7, 11) is 0. The molecule has 0 saturated heterocycles. The summed E-state index contributed by atoms with van der Waals surface area (Å²) < 4.78 is 5.26. The van der Waals surface area contributed by atoms with Crippen molar-refractivity contribution in [2.75, 3.05) is 6.61 Å². The molecule has 0 radical (unpaired) electrons. The van der Waals surface area contributed by atoms with Crippen molar-refractivity contribution < 1.29 is 14.6 Å². The third-order valence-corrected chi connectivity index (χ3v) is 2.01. The highest BCUT2D eigenvalue weighted by molar-refractivity contribution is 5.92. The van der Waals surface area contributed by atoms with Gasteiger partial charge in [-0.15, -0.1) is 0 Å². The van der Waals surface area contributed by atoms with Crippen LogP contribution in [-0.2, 0) is 6.42 Å². The first-order chi connectivity index (χ1) is 6.70. The monoisotopic (exact) mass is 194 g/mol. The van der Waals surface area contributed by atoms with Crippen LogP contribution in [0.15, 0.2) is 18.2 Å². The van der Waals surface area contributed by atoms with E-state index >= 15 is 0 Å². The highest BCUT2D eigenvalue weighted by atomic mass is 16.5. The largest absolute Gasteiger partial charge is 0.493 e. The molecule has 0 amide bonds. The minimum Gasteiger partial charge on any atom is -0.493 e. The Morgan fingerprint density at radius 2 is 2.14 bits per heavy atom. The van der Waals surface area contributed by atoms with Crippen molar-refractivity contribution in [3.05, 3.63) is 29.3 Å². The second-order valence-corrected chi connectivity index (χ2v) is 2.88. The van der Waals surface area contributed by atoms with Crippen LogP contribution in [0.1, 0.15) is 29.8 Å². The van der Waals surface area contributed by atoms with E-state index in [1.54, 1.807) is 6.07 Å². The Bertz CT molecular complexity index is 331. The van der Waals surface area contributed by atoms with E-state index in [4.69, 9.17) is 9.84 Å². The molecule has 1 rings (SSSR count). The molecule has 14 heavy (non-hydrogen) atoms. The lowest BCUT2D eigenvalue weighted by molar-refractivity contribution is 0.0691. The van der Waals surface area contributed by atoms with E-state index in [0.29, 0.717) is 18.8 Å². The maximum atomic E-state index is 11.0. The molecular formula is C11H14O3. The van der Waals surface area contributed by atoms with Crippen LogP contribution in [0.3, 0.4) is 0 Å². The lowest BCUT2D eigenvalue weighted by atomic mass is 10.0. The normalized spacial score (nSPS) is 9.86. The van der Waals surface area contributed by atoms with Gasteiger partial charge in [0, 0.05) is 0 Å². The quantitative estimate of drug-likeness (QED) is 0.800. The van der Waals surface area contributed by atoms with Crippen LogP contribution in [0.2, 0.25) is 0 Å². The van der Waals surface area contributed by atoms with Gasteiger partial charge >= 0.3 is 5.97 Å².